The van der Waals surface area contributed by atoms with Crippen molar-refractivity contribution in [3.63, 3.8) is 0 Å². The summed E-state index contributed by atoms with van der Waals surface area (Å²) in [6, 6.07) is 22.6. The van der Waals surface area contributed by atoms with Gasteiger partial charge in [0, 0.05) is 16.6 Å². The van der Waals surface area contributed by atoms with E-state index in [0.29, 0.717) is 39.4 Å². The van der Waals surface area contributed by atoms with Crippen LogP contribution >= 0.6 is 0 Å². The maximum Gasteiger partial charge on any atom is 0.275 e. The van der Waals surface area contributed by atoms with Gasteiger partial charge in [0.05, 0.1) is 25.5 Å². The Hall–Kier alpha value is -4.85. The summed E-state index contributed by atoms with van der Waals surface area (Å²) in [6.07, 6.45) is 0. The van der Waals surface area contributed by atoms with Crippen molar-refractivity contribution < 1.29 is 24.2 Å². The number of carbonyl (C=O) groups is 2. The Morgan fingerprint density at radius 2 is 1.58 bits per heavy atom. The molecule has 0 heterocycles. The van der Waals surface area contributed by atoms with Gasteiger partial charge in [0.15, 0.2) is 11.5 Å². The van der Waals surface area contributed by atoms with E-state index in [1.165, 1.54) is 14.2 Å². The molecule has 2 amide bonds. The molecule has 0 aliphatic heterocycles. The topological polar surface area (TPSA) is 109 Å². The third kappa shape index (κ3) is 5.12. The van der Waals surface area contributed by atoms with E-state index < -0.39 is 5.91 Å². The quantitative estimate of drug-likeness (QED) is 0.254. The molecule has 4 aromatic carbocycles. The van der Waals surface area contributed by atoms with Gasteiger partial charge in [-0.3, -0.25) is 9.59 Å². The predicted molar refractivity (Wildman–Crippen MR) is 139 cm³/mol. The highest BCUT2D eigenvalue weighted by Crippen LogP contribution is 2.29. The number of amides is 2. The minimum Gasteiger partial charge on any atom is -0.506 e. The van der Waals surface area contributed by atoms with Gasteiger partial charge in [-0.1, -0.05) is 42.5 Å². The fourth-order valence-corrected chi connectivity index (χ4v) is 3.70. The molecule has 0 aliphatic carbocycles. The molecule has 0 bridgehead atoms. The van der Waals surface area contributed by atoms with Crippen LogP contribution in [0.3, 0.4) is 0 Å². The molecule has 8 nitrogen and oxygen atoms in total. The molecule has 0 aromatic heterocycles. The number of nitrogens with zero attached hydrogens (tertiary/aromatic N) is 1. The van der Waals surface area contributed by atoms with Gasteiger partial charge in [0.1, 0.15) is 5.75 Å². The van der Waals surface area contributed by atoms with Gasteiger partial charge < -0.3 is 19.9 Å². The first-order chi connectivity index (χ1) is 17.4. The minimum absolute atomic E-state index is 0.0988. The number of hydrogen-bond donors (Lipinski definition) is 3. The standard InChI is InChI=1S/C28H25N3O5/c1-17(30-31-28(34)23-13-11-18-7-4-5-10-22(18)26(23)32)19-8-6-9-21(15-19)29-27(33)20-12-14-24(35-2)25(16-20)36-3/h4-16,32H,1-3H3,(H,29,33)(H,31,34)/b30-17-. The van der Waals surface area contributed by atoms with Crippen LogP contribution in [0, 0.1) is 0 Å². The van der Waals surface area contributed by atoms with Crippen LogP contribution in [0.4, 0.5) is 5.69 Å². The molecule has 8 heteroatoms. The van der Waals surface area contributed by atoms with Crippen molar-refractivity contribution in [3.05, 3.63) is 95.6 Å². The van der Waals surface area contributed by atoms with Crippen LogP contribution in [-0.4, -0.2) is 36.9 Å². The summed E-state index contributed by atoms with van der Waals surface area (Å²) in [5.74, 6) is 0.0358. The number of anilines is 1. The molecule has 3 N–H and O–H groups in total. The first-order valence-electron chi connectivity index (χ1n) is 11.1. The highest BCUT2D eigenvalue weighted by Gasteiger charge is 2.14. The molecule has 0 saturated heterocycles. The fourth-order valence-electron chi connectivity index (χ4n) is 3.70. The van der Waals surface area contributed by atoms with Crippen molar-refractivity contribution in [1.29, 1.82) is 0 Å². The second-order valence-electron chi connectivity index (χ2n) is 7.93. The number of nitrogens with one attached hydrogen (secondary N) is 2. The zero-order valence-corrected chi connectivity index (χ0v) is 20.0. The fraction of sp³-hybridized carbons (Fsp3) is 0.107. The van der Waals surface area contributed by atoms with Crippen molar-refractivity contribution in [1.82, 2.24) is 5.43 Å². The molecule has 0 spiro atoms. The largest absolute Gasteiger partial charge is 0.506 e. The van der Waals surface area contributed by atoms with Crippen LogP contribution in [0.1, 0.15) is 33.2 Å². The molecule has 0 fully saturated rings. The molecule has 4 rings (SSSR count). The van der Waals surface area contributed by atoms with Crippen LogP contribution < -0.4 is 20.2 Å². The van der Waals surface area contributed by atoms with E-state index in [0.717, 1.165) is 5.39 Å². The summed E-state index contributed by atoms with van der Waals surface area (Å²) < 4.78 is 10.5. The predicted octanol–water partition coefficient (Wildman–Crippen LogP) is 4.97. The maximum absolute atomic E-state index is 12.7. The molecular formula is C28H25N3O5. The van der Waals surface area contributed by atoms with Crippen LogP contribution in [0.2, 0.25) is 0 Å². The first kappa shape index (κ1) is 24.3. The lowest BCUT2D eigenvalue weighted by Crippen LogP contribution is -2.19. The van der Waals surface area contributed by atoms with E-state index in [1.807, 2.05) is 18.2 Å². The van der Waals surface area contributed by atoms with Crippen molar-refractivity contribution in [2.45, 2.75) is 6.92 Å². The second kappa shape index (κ2) is 10.6. The van der Waals surface area contributed by atoms with Crippen LogP contribution in [0.25, 0.3) is 10.8 Å². The lowest BCUT2D eigenvalue weighted by atomic mass is 10.1. The van der Waals surface area contributed by atoms with E-state index in [2.05, 4.69) is 15.8 Å². The molecule has 0 atom stereocenters. The number of methoxy groups -OCH3 is 2. The number of ether oxygens (including phenoxy) is 2. The zero-order valence-electron chi connectivity index (χ0n) is 20.0. The van der Waals surface area contributed by atoms with Crippen molar-refractivity contribution in [2.24, 2.45) is 5.10 Å². The first-order valence-corrected chi connectivity index (χ1v) is 11.1. The van der Waals surface area contributed by atoms with Gasteiger partial charge >= 0.3 is 0 Å². The Morgan fingerprint density at radius 1 is 0.806 bits per heavy atom. The number of phenols is 1. The SMILES string of the molecule is COc1ccc(C(=O)Nc2cccc(/C(C)=N\NC(=O)c3ccc4ccccc4c3O)c2)cc1OC. The summed E-state index contributed by atoms with van der Waals surface area (Å²) >= 11 is 0. The molecule has 0 aliphatic rings. The highest BCUT2D eigenvalue weighted by molar-refractivity contribution is 6.07. The van der Waals surface area contributed by atoms with Crippen molar-refractivity contribution in [3.8, 4) is 17.2 Å². The molecule has 0 unspecified atom stereocenters. The van der Waals surface area contributed by atoms with Gasteiger partial charge in [-0.05, 0) is 54.3 Å². The summed E-state index contributed by atoms with van der Waals surface area (Å²) in [5, 5.41) is 19.0. The van der Waals surface area contributed by atoms with Crippen molar-refractivity contribution >= 4 is 34.0 Å². The Kier molecular flexibility index (Phi) is 7.15. The monoisotopic (exact) mass is 483 g/mol. The molecular weight excluding hydrogens is 458 g/mol. The Morgan fingerprint density at radius 3 is 2.36 bits per heavy atom. The van der Waals surface area contributed by atoms with E-state index in [-0.39, 0.29) is 17.2 Å². The summed E-state index contributed by atoms with van der Waals surface area (Å²) in [6.45, 7) is 1.73. The van der Waals surface area contributed by atoms with Crippen LogP contribution in [0.5, 0.6) is 17.2 Å². The summed E-state index contributed by atoms with van der Waals surface area (Å²) in [4.78, 5) is 25.4. The number of phenolic OH excluding ortho intramolecular Hbond substituents is 1. The van der Waals surface area contributed by atoms with Crippen molar-refractivity contribution in [2.75, 3.05) is 19.5 Å². The van der Waals surface area contributed by atoms with Gasteiger partial charge in [-0.2, -0.15) is 5.10 Å². The number of rotatable bonds is 7. The van der Waals surface area contributed by atoms with E-state index in [9.17, 15) is 14.7 Å². The Bertz CT molecular complexity index is 1480. The Labute approximate surface area is 208 Å². The van der Waals surface area contributed by atoms with Gasteiger partial charge in [0.2, 0.25) is 0 Å². The van der Waals surface area contributed by atoms with Gasteiger partial charge in [0.25, 0.3) is 11.8 Å². The average Bonchev–Trinajstić information content (AvgIpc) is 2.91. The average molecular weight is 484 g/mol. The van der Waals surface area contributed by atoms with Crippen LogP contribution in [0.15, 0.2) is 84.0 Å². The van der Waals surface area contributed by atoms with E-state index >= 15 is 0 Å². The maximum atomic E-state index is 12.7. The third-order valence-corrected chi connectivity index (χ3v) is 5.65. The number of carbonyl (C=O) groups excluding carboxylic acids is 2. The molecule has 0 saturated carbocycles. The minimum atomic E-state index is -0.532. The number of fused-ring (bicyclic) bond motifs is 1. The molecule has 0 radical (unpaired) electrons. The number of benzene rings is 4. The lowest BCUT2D eigenvalue weighted by Gasteiger charge is -2.11. The van der Waals surface area contributed by atoms with Gasteiger partial charge in [-0.25, -0.2) is 5.43 Å². The smallest absolute Gasteiger partial charge is 0.275 e. The van der Waals surface area contributed by atoms with Crippen LogP contribution in [-0.2, 0) is 0 Å². The molecule has 182 valence electrons. The van der Waals surface area contributed by atoms with E-state index in [1.54, 1.807) is 67.6 Å². The summed E-state index contributed by atoms with van der Waals surface area (Å²) in [5.41, 5.74) is 4.80. The van der Waals surface area contributed by atoms with E-state index in [4.69, 9.17) is 9.47 Å². The Balaban J connectivity index is 1.48. The summed E-state index contributed by atoms with van der Waals surface area (Å²) in [7, 11) is 3.03. The second-order valence-corrected chi connectivity index (χ2v) is 7.93. The lowest BCUT2D eigenvalue weighted by molar-refractivity contribution is 0.0951. The number of aromatic hydroxyl groups is 1. The molecule has 4 aromatic rings. The number of hydrogen-bond acceptors (Lipinski definition) is 6. The third-order valence-electron chi connectivity index (χ3n) is 5.65. The normalized spacial score (nSPS) is 11.1. The van der Waals surface area contributed by atoms with Gasteiger partial charge in [-0.15, -0.1) is 0 Å². The molecule has 36 heavy (non-hydrogen) atoms. The highest BCUT2D eigenvalue weighted by atomic mass is 16.5. The zero-order chi connectivity index (χ0) is 25.7. The number of hydrazone groups is 1.